The number of alkyl halides is 3. The van der Waals surface area contributed by atoms with Crippen molar-refractivity contribution in [1.29, 1.82) is 0 Å². The molecule has 156 valence electrons. The monoisotopic (exact) mass is 418 g/mol. The van der Waals surface area contributed by atoms with Crippen LogP contribution in [0.3, 0.4) is 0 Å². The van der Waals surface area contributed by atoms with E-state index in [2.05, 4.69) is 10.1 Å². The zero-order valence-corrected chi connectivity index (χ0v) is 15.8. The van der Waals surface area contributed by atoms with E-state index < -0.39 is 11.9 Å². The first kappa shape index (κ1) is 18.7. The lowest BCUT2D eigenvalue weighted by atomic mass is 10.1. The zero-order chi connectivity index (χ0) is 20.9. The fourth-order valence-corrected chi connectivity index (χ4v) is 3.75. The number of hydrogen-bond acceptors (Lipinski definition) is 5. The summed E-state index contributed by atoms with van der Waals surface area (Å²) in [6.45, 7) is 1.41. The third kappa shape index (κ3) is 3.31. The van der Waals surface area contributed by atoms with E-state index in [0.717, 1.165) is 23.4 Å². The van der Waals surface area contributed by atoms with Gasteiger partial charge in [0, 0.05) is 24.7 Å². The molecule has 0 N–H and O–H groups in total. The number of benzene rings is 1. The van der Waals surface area contributed by atoms with Gasteiger partial charge in [-0.1, -0.05) is 0 Å². The number of aromatic nitrogens is 3. The van der Waals surface area contributed by atoms with Crippen molar-refractivity contribution >= 4 is 11.6 Å². The van der Waals surface area contributed by atoms with Gasteiger partial charge in [0.2, 0.25) is 12.7 Å². The SMILES string of the molecule is O=C(Cc1cc2nc(-c3ccc4c(c3)OCO4)cc(C(F)(F)F)n2n1)N1CCCC1. The number of ether oxygens (including phenoxy) is 2. The second kappa shape index (κ2) is 6.89. The van der Waals surface area contributed by atoms with Gasteiger partial charge in [0.15, 0.2) is 22.8 Å². The lowest BCUT2D eigenvalue weighted by molar-refractivity contribution is -0.142. The summed E-state index contributed by atoms with van der Waals surface area (Å²) >= 11 is 0. The lowest BCUT2D eigenvalue weighted by Gasteiger charge is -2.13. The van der Waals surface area contributed by atoms with Gasteiger partial charge in [0.25, 0.3) is 0 Å². The second-order valence-electron chi connectivity index (χ2n) is 7.26. The number of amides is 1. The summed E-state index contributed by atoms with van der Waals surface area (Å²) in [5.74, 6) is 0.844. The van der Waals surface area contributed by atoms with E-state index >= 15 is 0 Å². The van der Waals surface area contributed by atoms with Crippen LogP contribution in [0.5, 0.6) is 11.5 Å². The molecule has 1 saturated heterocycles. The number of halogens is 3. The molecule has 1 amide bonds. The van der Waals surface area contributed by atoms with Gasteiger partial charge in [-0.3, -0.25) is 4.79 Å². The van der Waals surface area contributed by atoms with Crippen molar-refractivity contribution in [3.05, 3.63) is 41.7 Å². The summed E-state index contributed by atoms with van der Waals surface area (Å²) in [5.41, 5.74) is -0.0805. The molecule has 10 heteroatoms. The highest BCUT2D eigenvalue weighted by Gasteiger charge is 2.35. The number of carbonyl (C=O) groups is 1. The minimum Gasteiger partial charge on any atom is -0.454 e. The Hall–Kier alpha value is -3.30. The molecule has 2 aliphatic heterocycles. The van der Waals surface area contributed by atoms with Crippen LogP contribution in [0.25, 0.3) is 16.9 Å². The Kier molecular flexibility index (Phi) is 4.30. The van der Waals surface area contributed by atoms with E-state index in [-0.39, 0.29) is 36.2 Å². The first-order valence-electron chi connectivity index (χ1n) is 9.53. The van der Waals surface area contributed by atoms with Gasteiger partial charge in [-0.2, -0.15) is 18.3 Å². The molecule has 0 unspecified atom stereocenters. The minimum atomic E-state index is -4.64. The van der Waals surface area contributed by atoms with Crippen molar-refractivity contribution in [2.45, 2.75) is 25.4 Å². The number of rotatable bonds is 3. The Labute approximate surface area is 169 Å². The molecular weight excluding hydrogens is 401 g/mol. The van der Waals surface area contributed by atoms with Gasteiger partial charge in [-0.05, 0) is 37.1 Å². The van der Waals surface area contributed by atoms with Crippen LogP contribution in [0, 0.1) is 0 Å². The molecule has 2 aromatic heterocycles. The quantitative estimate of drug-likeness (QED) is 0.653. The number of fused-ring (bicyclic) bond motifs is 2. The maximum Gasteiger partial charge on any atom is 0.433 e. The smallest absolute Gasteiger partial charge is 0.433 e. The van der Waals surface area contributed by atoms with Crippen LogP contribution in [0.15, 0.2) is 30.3 Å². The average Bonchev–Trinajstić information content (AvgIpc) is 3.44. The van der Waals surface area contributed by atoms with Gasteiger partial charge < -0.3 is 14.4 Å². The number of hydrogen-bond donors (Lipinski definition) is 0. The van der Waals surface area contributed by atoms with E-state index in [0.29, 0.717) is 30.2 Å². The van der Waals surface area contributed by atoms with Crippen LogP contribution in [-0.4, -0.2) is 45.3 Å². The zero-order valence-electron chi connectivity index (χ0n) is 15.8. The molecule has 0 spiro atoms. The Morgan fingerprint density at radius 1 is 1.07 bits per heavy atom. The molecule has 0 aliphatic carbocycles. The fraction of sp³-hybridized carbons (Fsp3) is 0.350. The van der Waals surface area contributed by atoms with Crippen molar-refractivity contribution in [2.75, 3.05) is 19.9 Å². The molecule has 1 aromatic carbocycles. The first-order valence-corrected chi connectivity index (χ1v) is 9.53. The molecule has 0 radical (unpaired) electrons. The van der Waals surface area contributed by atoms with E-state index in [1.807, 2.05) is 0 Å². The largest absolute Gasteiger partial charge is 0.454 e. The van der Waals surface area contributed by atoms with Gasteiger partial charge in [0.05, 0.1) is 17.8 Å². The second-order valence-corrected chi connectivity index (χ2v) is 7.26. The summed E-state index contributed by atoms with van der Waals surface area (Å²) in [5, 5.41) is 4.03. The van der Waals surface area contributed by atoms with Crippen molar-refractivity contribution < 1.29 is 27.4 Å². The molecule has 2 aliphatic rings. The van der Waals surface area contributed by atoms with Crippen LogP contribution in [0.2, 0.25) is 0 Å². The number of likely N-dealkylation sites (tertiary alicyclic amines) is 1. The van der Waals surface area contributed by atoms with Crippen LogP contribution in [0.4, 0.5) is 13.2 Å². The molecular formula is C20H17F3N4O3. The Morgan fingerprint density at radius 3 is 2.60 bits per heavy atom. The van der Waals surface area contributed by atoms with Gasteiger partial charge in [0.1, 0.15) is 0 Å². The molecule has 1 fully saturated rings. The lowest BCUT2D eigenvalue weighted by Crippen LogP contribution is -2.29. The van der Waals surface area contributed by atoms with Gasteiger partial charge >= 0.3 is 6.18 Å². The summed E-state index contributed by atoms with van der Waals surface area (Å²) in [4.78, 5) is 18.4. The molecule has 30 heavy (non-hydrogen) atoms. The molecule has 7 nitrogen and oxygen atoms in total. The number of carbonyl (C=O) groups excluding carboxylic acids is 1. The van der Waals surface area contributed by atoms with Crippen molar-refractivity contribution in [2.24, 2.45) is 0 Å². The standard InChI is InChI=1S/C20H17F3N4O3/c21-20(22,23)17-10-14(12-3-4-15-16(7-12)30-11-29-15)24-18-8-13(25-27(17)18)9-19(28)26-5-1-2-6-26/h3-4,7-8,10H,1-2,5-6,9,11H2. The molecule has 4 heterocycles. The molecule has 3 aromatic rings. The van der Waals surface area contributed by atoms with E-state index in [9.17, 15) is 18.0 Å². The summed E-state index contributed by atoms with van der Waals surface area (Å²) in [6, 6.07) is 7.23. The van der Waals surface area contributed by atoms with Crippen molar-refractivity contribution in [3.8, 4) is 22.8 Å². The Morgan fingerprint density at radius 2 is 1.83 bits per heavy atom. The fourth-order valence-electron chi connectivity index (χ4n) is 3.75. The maximum atomic E-state index is 13.7. The first-order chi connectivity index (χ1) is 14.4. The molecule has 0 atom stereocenters. The molecule has 0 bridgehead atoms. The number of nitrogens with zero attached hydrogens (tertiary/aromatic N) is 4. The highest BCUT2D eigenvalue weighted by Crippen LogP contribution is 2.37. The maximum absolute atomic E-state index is 13.7. The third-order valence-corrected chi connectivity index (χ3v) is 5.23. The van der Waals surface area contributed by atoms with E-state index in [4.69, 9.17) is 9.47 Å². The summed E-state index contributed by atoms with van der Waals surface area (Å²) in [6.07, 6.45) is -2.82. The molecule has 5 rings (SSSR count). The Balaban J connectivity index is 1.55. The normalized spacial score (nSPS) is 15.9. The molecule has 0 saturated carbocycles. The topological polar surface area (TPSA) is 69.0 Å². The van der Waals surface area contributed by atoms with Crippen LogP contribution in [0.1, 0.15) is 24.2 Å². The van der Waals surface area contributed by atoms with Crippen LogP contribution in [-0.2, 0) is 17.4 Å². The average molecular weight is 418 g/mol. The highest BCUT2D eigenvalue weighted by molar-refractivity contribution is 5.79. The van der Waals surface area contributed by atoms with Crippen LogP contribution < -0.4 is 9.47 Å². The Bertz CT molecular complexity index is 1140. The van der Waals surface area contributed by atoms with Gasteiger partial charge in [-0.25, -0.2) is 9.50 Å². The minimum absolute atomic E-state index is 0.0294. The van der Waals surface area contributed by atoms with Gasteiger partial charge in [-0.15, -0.1) is 0 Å². The third-order valence-electron chi connectivity index (χ3n) is 5.23. The van der Waals surface area contributed by atoms with Crippen molar-refractivity contribution in [3.63, 3.8) is 0 Å². The van der Waals surface area contributed by atoms with Crippen molar-refractivity contribution in [1.82, 2.24) is 19.5 Å². The summed E-state index contributed by atoms with van der Waals surface area (Å²) in [7, 11) is 0. The predicted molar refractivity (Wildman–Crippen MR) is 99.1 cm³/mol. The summed E-state index contributed by atoms with van der Waals surface area (Å²) < 4.78 is 52.5. The van der Waals surface area contributed by atoms with Crippen LogP contribution >= 0.6 is 0 Å². The highest BCUT2D eigenvalue weighted by atomic mass is 19.4. The van der Waals surface area contributed by atoms with E-state index in [1.54, 1.807) is 23.1 Å². The van der Waals surface area contributed by atoms with E-state index in [1.165, 1.54) is 6.07 Å². The predicted octanol–water partition coefficient (Wildman–Crippen LogP) is 3.31.